The molecular formula is C25H29NO6. The van der Waals surface area contributed by atoms with Gasteiger partial charge in [0, 0.05) is 23.0 Å². The normalized spacial score (nSPS) is 32.7. The van der Waals surface area contributed by atoms with E-state index in [1.54, 1.807) is 6.07 Å². The van der Waals surface area contributed by atoms with E-state index >= 15 is 0 Å². The highest BCUT2D eigenvalue weighted by molar-refractivity contribution is 6.01. The molecule has 2 aromatic carbocycles. The maximum Gasteiger partial charge on any atom is 0.339 e. The molecule has 32 heavy (non-hydrogen) atoms. The van der Waals surface area contributed by atoms with Crippen LogP contribution in [0.25, 0.3) is 0 Å². The van der Waals surface area contributed by atoms with Crippen molar-refractivity contribution in [3.05, 3.63) is 71.3 Å². The van der Waals surface area contributed by atoms with Crippen LogP contribution < -0.4 is 10.8 Å². The van der Waals surface area contributed by atoms with E-state index in [9.17, 15) is 14.7 Å². The van der Waals surface area contributed by atoms with Crippen molar-refractivity contribution in [3.63, 3.8) is 0 Å². The quantitative estimate of drug-likeness (QED) is 0.721. The summed E-state index contributed by atoms with van der Waals surface area (Å²) < 4.78 is 17.5. The number of carbonyl (C=O) groups excluding carboxylic acids is 2. The Bertz CT molecular complexity index is 973. The average Bonchev–Trinajstić information content (AvgIpc) is 3.23. The second-order valence-corrected chi connectivity index (χ2v) is 8.86. The Balaban J connectivity index is 0.000000230. The summed E-state index contributed by atoms with van der Waals surface area (Å²) in [5, 5.41) is 11.1. The van der Waals surface area contributed by atoms with E-state index < -0.39 is 18.0 Å². The van der Waals surface area contributed by atoms with Crippen molar-refractivity contribution in [1.82, 2.24) is 0 Å². The van der Waals surface area contributed by atoms with Crippen LogP contribution in [-0.2, 0) is 14.2 Å². The molecular weight excluding hydrogens is 410 g/mol. The number of carboxylic acids is 1. The molecule has 4 saturated heterocycles. The molecule has 7 heteroatoms. The van der Waals surface area contributed by atoms with Crippen molar-refractivity contribution in [2.24, 2.45) is 11.8 Å². The van der Waals surface area contributed by atoms with Crippen molar-refractivity contribution in [2.45, 2.75) is 57.3 Å². The molecule has 4 fully saturated rings. The number of esters is 1. The topological polar surface area (TPSA) is 113 Å². The molecule has 4 aliphatic heterocycles. The first-order valence-corrected chi connectivity index (χ1v) is 11.0. The lowest BCUT2D eigenvalue weighted by Gasteiger charge is -2.38. The zero-order chi connectivity index (χ0) is 23.0. The molecule has 0 aliphatic carbocycles. The van der Waals surface area contributed by atoms with Gasteiger partial charge in [0.05, 0.1) is 23.7 Å². The fraction of sp³-hybridized carbons (Fsp3) is 0.440. The Labute approximate surface area is 187 Å². The summed E-state index contributed by atoms with van der Waals surface area (Å²) >= 11 is 0. The van der Waals surface area contributed by atoms with E-state index in [1.165, 1.54) is 23.8 Å². The Morgan fingerprint density at radius 2 is 1.44 bits per heavy atom. The van der Waals surface area contributed by atoms with Crippen molar-refractivity contribution >= 4 is 11.9 Å². The molecule has 4 aliphatic rings. The highest BCUT2D eigenvalue weighted by Crippen LogP contribution is 2.50. The molecule has 6 rings (SSSR count). The summed E-state index contributed by atoms with van der Waals surface area (Å²) in [6.07, 6.45) is -0.891. The molecule has 0 spiro atoms. The van der Waals surface area contributed by atoms with E-state index in [4.69, 9.17) is 14.2 Å². The summed E-state index contributed by atoms with van der Waals surface area (Å²) in [6.45, 7) is 6.20. The lowest BCUT2D eigenvalue weighted by Crippen LogP contribution is -2.51. The Hall–Kier alpha value is -2.74. The van der Waals surface area contributed by atoms with Gasteiger partial charge in [-0.1, -0.05) is 62.4 Å². The molecule has 4 heterocycles. The van der Waals surface area contributed by atoms with Crippen LogP contribution in [0, 0.1) is 11.8 Å². The van der Waals surface area contributed by atoms with Gasteiger partial charge in [0.1, 0.15) is 18.2 Å². The summed E-state index contributed by atoms with van der Waals surface area (Å²) in [4.78, 5) is 23.6. The minimum atomic E-state index is -1.40. The third-order valence-corrected chi connectivity index (χ3v) is 6.65. The van der Waals surface area contributed by atoms with Crippen molar-refractivity contribution < 1.29 is 34.6 Å². The molecule has 8 atom stereocenters. The lowest BCUT2D eigenvalue weighted by atomic mass is 9.87. The van der Waals surface area contributed by atoms with Crippen LogP contribution in [0.5, 0.6) is 0 Å². The largest absolute Gasteiger partial charge is 0.545 e. The van der Waals surface area contributed by atoms with Crippen molar-refractivity contribution in [3.8, 4) is 0 Å². The first-order chi connectivity index (χ1) is 15.3. The van der Waals surface area contributed by atoms with E-state index in [2.05, 4.69) is 31.7 Å². The van der Waals surface area contributed by atoms with E-state index in [1.807, 2.05) is 25.1 Å². The number of aromatic carboxylic acids is 1. The van der Waals surface area contributed by atoms with Gasteiger partial charge in [-0.2, -0.15) is 0 Å². The SMILES string of the molecule is CC([NH3+])c1ccccc1.C[C@@H]1[C@@H]2OC3[C@@H](OC(=O)c4ccccc4C(=O)[O-])[C@H]1O[C@@H]3[C@H]2C. The Morgan fingerprint density at radius 1 is 0.875 bits per heavy atom. The van der Waals surface area contributed by atoms with E-state index in [-0.39, 0.29) is 47.4 Å². The van der Waals surface area contributed by atoms with Gasteiger partial charge in [-0.3, -0.25) is 0 Å². The number of quaternary nitrogens is 1. The Morgan fingerprint density at radius 3 is 2.03 bits per heavy atom. The monoisotopic (exact) mass is 439 g/mol. The van der Waals surface area contributed by atoms with Gasteiger partial charge in [-0.05, 0) is 13.0 Å². The van der Waals surface area contributed by atoms with Gasteiger partial charge >= 0.3 is 5.97 Å². The summed E-state index contributed by atoms with van der Waals surface area (Å²) in [6, 6.07) is 16.6. The van der Waals surface area contributed by atoms with Gasteiger partial charge in [0.2, 0.25) is 0 Å². The minimum Gasteiger partial charge on any atom is -0.545 e. The molecule has 0 amide bonds. The third-order valence-electron chi connectivity index (χ3n) is 6.65. The molecule has 0 aromatic heterocycles. The molecule has 0 saturated carbocycles. The van der Waals surface area contributed by atoms with Crippen LogP contribution in [0.2, 0.25) is 0 Å². The maximum atomic E-state index is 12.4. The number of hydrogen-bond donors (Lipinski definition) is 1. The number of rotatable bonds is 4. The fourth-order valence-electron chi connectivity index (χ4n) is 4.94. The highest BCUT2D eigenvalue weighted by Gasteiger charge is 2.65. The zero-order valence-corrected chi connectivity index (χ0v) is 18.5. The van der Waals surface area contributed by atoms with Crippen LogP contribution >= 0.6 is 0 Å². The van der Waals surface area contributed by atoms with Gasteiger partial charge in [-0.25, -0.2) is 4.79 Å². The number of carbonyl (C=O) groups is 2. The summed E-state index contributed by atoms with van der Waals surface area (Å²) in [5.74, 6) is -1.68. The second-order valence-electron chi connectivity index (χ2n) is 8.86. The van der Waals surface area contributed by atoms with Crippen LogP contribution in [0.4, 0.5) is 0 Å². The number of benzene rings is 2. The molecule has 170 valence electrons. The lowest BCUT2D eigenvalue weighted by molar-refractivity contribution is -0.420. The maximum absolute atomic E-state index is 12.4. The average molecular weight is 440 g/mol. The van der Waals surface area contributed by atoms with Crippen molar-refractivity contribution in [2.75, 3.05) is 0 Å². The Kier molecular flexibility index (Phi) is 6.33. The minimum absolute atomic E-state index is 0.00878. The highest BCUT2D eigenvalue weighted by atomic mass is 16.6. The molecule has 0 radical (unpaired) electrons. The summed E-state index contributed by atoms with van der Waals surface area (Å²) in [7, 11) is 0. The standard InChI is InChI=1S/C17H18O6.C8H11N/c1-7-11-8(2)13-15(14(21-11)12(7)22-13)23-17(20)10-6-4-3-5-9(10)16(18)19;1-7(9)8-5-3-2-4-6-8/h3-8,11-15H,1-2H3,(H,18,19);2-7H,9H2,1H3/t7-,8+,11+,12+,13-,14?,15-;/m0./s1. The third kappa shape index (κ3) is 4.03. The van der Waals surface area contributed by atoms with Gasteiger partial charge in [-0.15, -0.1) is 0 Å². The smallest absolute Gasteiger partial charge is 0.339 e. The predicted molar refractivity (Wildman–Crippen MR) is 113 cm³/mol. The predicted octanol–water partition coefficient (Wildman–Crippen LogP) is 1.39. The van der Waals surface area contributed by atoms with Crippen molar-refractivity contribution in [1.29, 1.82) is 0 Å². The number of hydrogen-bond acceptors (Lipinski definition) is 6. The summed E-state index contributed by atoms with van der Waals surface area (Å²) in [5.41, 5.74) is 5.03. The van der Waals surface area contributed by atoms with E-state index in [0.717, 1.165) is 0 Å². The van der Waals surface area contributed by atoms with Gasteiger partial charge in [0.25, 0.3) is 0 Å². The molecule has 2 aromatic rings. The zero-order valence-electron chi connectivity index (χ0n) is 18.5. The number of carboxylic acid groups (broad SMARTS) is 1. The first kappa shape index (κ1) is 22.5. The van der Waals surface area contributed by atoms with Crippen LogP contribution in [0.1, 0.15) is 53.1 Å². The van der Waals surface area contributed by atoms with Crippen LogP contribution in [-0.4, -0.2) is 42.5 Å². The molecule has 4 bridgehead atoms. The van der Waals surface area contributed by atoms with Crippen LogP contribution in [0.15, 0.2) is 54.6 Å². The molecule has 7 nitrogen and oxygen atoms in total. The van der Waals surface area contributed by atoms with Gasteiger partial charge in [0.15, 0.2) is 6.10 Å². The number of ether oxygens (including phenoxy) is 3. The van der Waals surface area contributed by atoms with Gasteiger partial charge < -0.3 is 29.8 Å². The second kappa shape index (κ2) is 9.02. The molecule has 2 unspecified atom stereocenters. The fourth-order valence-corrected chi connectivity index (χ4v) is 4.94. The molecule has 3 N–H and O–H groups in total. The first-order valence-electron chi connectivity index (χ1n) is 11.0. The van der Waals surface area contributed by atoms with E-state index in [0.29, 0.717) is 6.04 Å². The van der Waals surface area contributed by atoms with Crippen LogP contribution in [0.3, 0.4) is 0 Å².